The molecule has 3 N–H and O–H groups in total. The van der Waals surface area contributed by atoms with Crippen LogP contribution in [0.3, 0.4) is 0 Å². The maximum atomic E-state index is 13.1. The summed E-state index contributed by atoms with van der Waals surface area (Å²) in [6.45, 7) is 3.78. The van der Waals surface area contributed by atoms with Crippen molar-refractivity contribution in [3.63, 3.8) is 0 Å². The van der Waals surface area contributed by atoms with E-state index in [1.165, 1.54) is 36.4 Å². The summed E-state index contributed by atoms with van der Waals surface area (Å²) in [5.41, 5.74) is 7.29. The summed E-state index contributed by atoms with van der Waals surface area (Å²) in [4.78, 5) is 12.8. The van der Waals surface area contributed by atoms with Gasteiger partial charge >= 0.3 is 6.36 Å². The zero-order valence-electron chi connectivity index (χ0n) is 16.2. The number of hydrogen-bond acceptors (Lipinski definition) is 3. The zero-order chi connectivity index (χ0) is 21.6. The summed E-state index contributed by atoms with van der Waals surface area (Å²) in [5.74, 6) is -1.77. The average Bonchev–Trinajstić information content (AvgIpc) is 2.66. The maximum absolute atomic E-state index is 13.1. The minimum atomic E-state index is -4.77. The second kappa shape index (κ2) is 9.73. The van der Waals surface area contributed by atoms with E-state index >= 15 is 0 Å². The highest BCUT2D eigenvalue weighted by atomic mass is 19.4. The Bertz CT molecular complexity index is 792. The third-order valence-electron chi connectivity index (χ3n) is 4.79. The molecule has 0 saturated heterocycles. The minimum Gasteiger partial charge on any atom is -0.406 e. The molecule has 2 aromatic carbocycles. The van der Waals surface area contributed by atoms with Crippen molar-refractivity contribution in [2.75, 3.05) is 6.54 Å². The first-order valence-electron chi connectivity index (χ1n) is 9.26. The first kappa shape index (κ1) is 22.7. The van der Waals surface area contributed by atoms with Gasteiger partial charge in [-0.25, -0.2) is 4.39 Å². The summed E-state index contributed by atoms with van der Waals surface area (Å²) in [6, 6.07) is 10.9. The number of alkyl halides is 3. The number of carbonyl (C=O) groups is 1. The lowest BCUT2D eigenvalue weighted by Gasteiger charge is -2.27. The van der Waals surface area contributed by atoms with Crippen LogP contribution in [0.15, 0.2) is 48.5 Å². The fourth-order valence-corrected chi connectivity index (χ4v) is 3.26. The highest BCUT2D eigenvalue weighted by Gasteiger charge is 2.32. The molecular formula is C21H24F4N2O2. The molecule has 0 fully saturated rings. The number of hydrogen-bond donors (Lipinski definition) is 2. The zero-order valence-corrected chi connectivity index (χ0v) is 16.2. The molecule has 0 radical (unpaired) electrons. The number of nitrogens with two attached hydrogens (primary N) is 1. The Hall–Kier alpha value is -2.61. The van der Waals surface area contributed by atoms with Crippen LogP contribution in [0.1, 0.15) is 43.4 Å². The summed E-state index contributed by atoms with van der Waals surface area (Å²) in [7, 11) is 0. The fourth-order valence-electron chi connectivity index (χ4n) is 3.26. The van der Waals surface area contributed by atoms with Crippen molar-refractivity contribution in [3.8, 4) is 5.75 Å². The van der Waals surface area contributed by atoms with Crippen molar-refractivity contribution < 1.29 is 27.1 Å². The smallest absolute Gasteiger partial charge is 0.406 e. The van der Waals surface area contributed by atoms with Crippen molar-refractivity contribution in [1.29, 1.82) is 0 Å². The van der Waals surface area contributed by atoms with Gasteiger partial charge in [-0.05, 0) is 55.3 Å². The van der Waals surface area contributed by atoms with Crippen molar-refractivity contribution in [1.82, 2.24) is 5.32 Å². The Labute approximate surface area is 167 Å². The molecular weight excluding hydrogens is 388 g/mol. The third-order valence-corrected chi connectivity index (χ3v) is 4.79. The van der Waals surface area contributed by atoms with E-state index in [0.717, 1.165) is 5.56 Å². The molecule has 0 aliphatic rings. The van der Waals surface area contributed by atoms with Gasteiger partial charge in [-0.2, -0.15) is 0 Å². The van der Waals surface area contributed by atoms with Crippen molar-refractivity contribution in [3.05, 3.63) is 65.5 Å². The average molecular weight is 412 g/mol. The molecule has 2 rings (SSSR count). The lowest BCUT2D eigenvalue weighted by Crippen LogP contribution is -2.37. The Morgan fingerprint density at radius 3 is 2.10 bits per heavy atom. The number of nitrogens with one attached hydrogen (secondary N) is 1. The van der Waals surface area contributed by atoms with Crippen molar-refractivity contribution in [2.45, 2.75) is 38.6 Å². The molecule has 0 aliphatic carbocycles. The molecule has 0 aliphatic heterocycles. The van der Waals surface area contributed by atoms with Gasteiger partial charge < -0.3 is 15.8 Å². The Morgan fingerprint density at radius 2 is 1.62 bits per heavy atom. The van der Waals surface area contributed by atoms with Crippen LogP contribution in [0.5, 0.6) is 5.75 Å². The number of rotatable bonds is 8. The van der Waals surface area contributed by atoms with Crippen LogP contribution < -0.4 is 15.8 Å². The molecule has 0 bridgehead atoms. The maximum Gasteiger partial charge on any atom is 0.573 e. The molecule has 3 atom stereocenters. The highest BCUT2D eigenvalue weighted by molar-refractivity contribution is 5.80. The van der Waals surface area contributed by atoms with Gasteiger partial charge in [0, 0.05) is 11.8 Å². The monoisotopic (exact) mass is 412 g/mol. The van der Waals surface area contributed by atoms with Gasteiger partial charge in [0.05, 0.1) is 6.04 Å². The largest absolute Gasteiger partial charge is 0.573 e. The Morgan fingerprint density at radius 1 is 1.07 bits per heavy atom. The molecule has 2 aromatic rings. The SMILES string of the molecule is CC[C@@H](C(=O)N[C@@H](C)c1ccc(F)cc1)[C@@H](CN)c1ccc(OC(F)(F)F)cc1. The Kier molecular flexibility index (Phi) is 7.61. The third kappa shape index (κ3) is 6.45. The lowest BCUT2D eigenvalue weighted by atomic mass is 9.83. The van der Waals surface area contributed by atoms with Gasteiger partial charge in [-0.15, -0.1) is 13.2 Å². The number of ether oxygens (including phenoxy) is 1. The Balaban J connectivity index is 2.12. The van der Waals surface area contributed by atoms with E-state index in [-0.39, 0.29) is 36.0 Å². The summed E-state index contributed by atoms with van der Waals surface area (Å²) in [5, 5.41) is 2.90. The van der Waals surface area contributed by atoms with Gasteiger partial charge in [0.15, 0.2) is 0 Å². The molecule has 1 amide bonds. The summed E-state index contributed by atoms with van der Waals surface area (Å²) < 4.78 is 53.9. The number of halogens is 4. The number of amides is 1. The lowest BCUT2D eigenvalue weighted by molar-refractivity contribution is -0.274. The first-order chi connectivity index (χ1) is 13.6. The molecule has 0 spiro atoms. The van der Waals surface area contributed by atoms with E-state index in [4.69, 9.17) is 5.73 Å². The van der Waals surface area contributed by atoms with Gasteiger partial charge in [-0.3, -0.25) is 4.79 Å². The fraction of sp³-hybridized carbons (Fsp3) is 0.381. The predicted octanol–water partition coefficient (Wildman–Crippen LogP) is 4.67. The van der Waals surface area contributed by atoms with E-state index in [0.29, 0.717) is 12.0 Å². The first-order valence-corrected chi connectivity index (χ1v) is 9.26. The van der Waals surface area contributed by atoms with Crippen LogP contribution in [0, 0.1) is 11.7 Å². The molecule has 8 heteroatoms. The number of carbonyl (C=O) groups excluding carboxylic acids is 1. The normalized spacial score (nSPS) is 14.7. The minimum absolute atomic E-state index is 0.149. The standard InChI is InChI=1S/C21H24F4N2O2/c1-3-18(20(28)27-13(2)14-4-8-16(22)9-5-14)19(12-26)15-6-10-17(11-7-15)29-21(23,24)25/h4-11,13,18-19H,3,12,26H2,1-2H3,(H,27,28)/t13-,18+,19-/m0/s1. The van der Waals surface area contributed by atoms with Gasteiger partial charge in [0.2, 0.25) is 5.91 Å². The van der Waals surface area contributed by atoms with E-state index in [9.17, 15) is 22.4 Å². The summed E-state index contributed by atoms with van der Waals surface area (Å²) in [6.07, 6.45) is -4.28. The van der Waals surface area contributed by atoms with Gasteiger partial charge in [-0.1, -0.05) is 31.2 Å². The molecule has 29 heavy (non-hydrogen) atoms. The molecule has 0 unspecified atom stereocenters. The molecule has 0 aromatic heterocycles. The quantitative estimate of drug-likeness (QED) is 0.620. The van der Waals surface area contributed by atoms with E-state index in [1.54, 1.807) is 19.1 Å². The van der Waals surface area contributed by atoms with E-state index < -0.39 is 12.3 Å². The van der Waals surface area contributed by atoms with Gasteiger partial charge in [0.1, 0.15) is 11.6 Å². The van der Waals surface area contributed by atoms with Gasteiger partial charge in [0.25, 0.3) is 0 Å². The molecule has 158 valence electrons. The van der Waals surface area contributed by atoms with Crippen molar-refractivity contribution in [2.24, 2.45) is 11.7 Å². The number of benzene rings is 2. The van der Waals surface area contributed by atoms with Crippen LogP contribution in [-0.4, -0.2) is 18.8 Å². The van der Waals surface area contributed by atoms with E-state index in [2.05, 4.69) is 10.1 Å². The van der Waals surface area contributed by atoms with Crippen molar-refractivity contribution >= 4 is 5.91 Å². The van der Waals surface area contributed by atoms with Crippen LogP contribution in [-0.2, 0) is 4.79 Å². The molecule has 0 heterocycles. The predicted molar refractivity (Wildman–Crippen MR) is 102 cm³/mol. The van der Waals surface area contributed by atoms with Crippen LogP contribution >= 0.6 is 0 Å². The molecule has 4 nitrogen and oxygen atoms in total. The molecule has 0 saturated carbocycles. The topological polar surface area (TPSA) is 64.4 Å². The summed E-state index contributed by atoms with van der Waals surface area (Å²) >= 11 is 0. The second-order valence-corrected chi connectivity index (χ2v) is 6.76. The van der Waals surface area contributed by atoms with Crippen LogP contribution in [0.4, 0.5) is 17.6 Å². The second-order valence-electron chi connectivity index (χ2n) is 6.76. The van der Waals surface area contributed by atoms with Crippen LogP contribution in [0.25, 0.3) is 0 Å². The van der Waals surface area contributed by atoms with E-state index in [1.807, 2.05) is 6.92 Å². The van der Waals surface area contributed by atoms with Crippen LogP contribution in [0.2, 0.25) is 0 Å². The highest BCUT2D eigenvalue weighted by Crippen LogP contribution is 2.30.